The van der Waals surface area contributed by atoms with Crippen molar-refractivity contribution in [2.45, 2.75) is 30.1 Å². The molecule has 4 rings (SSSR count). The van der Waals surface area contributed by atoms with Crippen molar-refractivity contribution in [3.05, 3.63) is 59.7 Å². The van der Waals surface area contributed by atoms with Crippen molar-refractivity contribution in [1.82, 2.24) is 20.5 Å². The van der Waals surface area contributed by atoms with Crippen molar-refractivity contribution in [2.24, 2.45) is 0 Å². The minimum atomic E-state index is -4.77. The fourth-order valence-electron chi connectivity index (χ4n) is 3.30. The maximum atomic E-state index is 14.4. The van der Waals surface area contributed by atoms with Gasteiger partial charge in [0.05, 0.1) is 18.2 Å². The first-order valence-electron chi connectivity index (χ1n) is 9.55. The number of alkyl halides is 3. The molecule has 32 heavy (non-hydrogen) atoms. The van der Waals surface area contributed by atoms with Crippen LogP contribution in [-0.2, 0) is 12.7 Å². The molecule has 1 unspecified atom stereocenters. The number of halogens is 5. The van der Waals surface area contributed by atoms with E-state index in [0.717, 1.165) is 24.6 Å². The third-order valence-electron chi connectivity index (χ3n) is 4.89. The third kappa shape index (κ3) is 5.37. The zero-order valence-corrected chi connectivity index (χ0v) is 17.2. The molecule has 1 fully saturated rings. The Hall–Kier alpha value is -2.70. The molecule has 1 saturated heterocycles. The fourth-order valence-corrected chi connectivity index (χ4v) is 3.54. The maximum Gasteiger partial charge on any atom is 0.471 e. The van der Waals surface area contributed by atoms with Crippen molar-refractivity contribution < 1.29 is 30.8 Å². The summed E-state index contributed by atoms with van der Waals surface area (Å²) in [6.07, 6.45) is -4.00. The summed E-state index contributed by atoms with van der Waals surface area (Å²) in [5.41, 5.74) is 3.91. The summed E-state index contributed by atoms with van der Waals surface area (Å²) in [6.45, 7) is 2.17. The van der Waals surface area contributed by atoms with Crippen LogP contribution in [0.1, 0.15) is 17.9 Å². The molecular weight excluding hydrogens is 455 g/mol. The Labute approximate surface area is 184 Å². The van der Waals surface area contributed by atoms with E-state index in [1.54, 1.807) is 12.1 Å². The third-order valence-corrected chi connectivity index (χ3v) is 5.34. The second kappa shape index (κ2) is 9.43. The highest BCUT2D eigenvalue weighted by atomic mass is 32.2. The SMILES string of the molecule is FSc1ccc(CN2CCC(NOc3ccc(-c4noc(C(F)(F)F)n4)cc3F)C2)cc1. The molecule has 1 aliphatic heterocycles. The van der Waals surface area contributed by atoms with Gasteiger partial charge in [0.2, 0.25) is 5.82 Å². The van der Waals surface area contributed by atoms with E-state index in [2.05, 4.69) is 25.0 Å². The number of hydrogen-bond donors (Lipinski definition) is 1. The van der Waals surface area contributed by atoms with Crippen LogP contribution in [0.2, 0.25) is 0 Å². The molecule has 0 saturated carbocycles. The monoisotopic (exact) mass is 472 g/mol. The first kappa shape index (κ1) is 22.5. The zero-order chi connectivity index (χ0) is 22.7. The average Bonchev–Trinajstić information content (AvgIpc) is 3.43. The molecule has 1 N–H and O–H groups in total. The molecule has 0 aliphatic carbocycles. The van der Waals surface area contributed by atoms with E-state index in [-0.39, 0.29) is 35.3 Å². The molecule has 0 spiro atoms. The van der Waals surface area contributed by atoms with Gasteiger partial charge >= 0.3 is 12.1 Å². The van der Waals surface area contributed by atoms with E-state index < -0.39 is 17.9 Å². The second-order valence-corrected chi connectivity index (χ2v) is 7.85. The lowest BCUT2D eigenvalue weighted by Crippen LogP contribution is -2.35. The van der Waals surface area contributed by atoms with Gasteiger partial charge in [-0.05, 0) is 42.3 Å². The van der Waals surface area contributed by atoms with Crippen LogP contribution in [0.15, 0.2) is 51.9 Å². The molecule has 0 bridgehead atoms. The van der Waals surface area contributed by atoms with Gasteiger partial charge in [0, 0.05) is 30.1 Å². The predicted molar refractivity (Wildman–Crippen MR) is 106 cm³/mol. The topological polar surface area (TPSA) is 63.4 Å². The molecule has 1 aliphatic rings. The molecule has 6 nitrogen and oxygen atoms in total. The van der Waals surface area contributed by atoms with Gasteiger partial charge in [0.25, 0.3) is 0 Å². The van der Waals surface area contributed by atoms with Crippen LogP contribution in [-0.4, -0.2) is 34.2 Å². The van der Waals surface area contributed by atoms with E-state index in [0.29, 0.717) is 18.0 Å². The van der Waals surface area contributed by atoms with Gasteiger partial charge in [0.1, 0.15) is 0 Å². The Morgan fingerprint density at radius 3 is 2.62 bits per heavy atom. The summed E-state index contributed by atoms with van der Waals surface area (Å²) < 4.78 is 68.8. The lowest BCUT2D eigenvalue weighted by Gasteiger charge is -2.17. The minimum absolute atomic E-state index is 0.0262. The molecule has 3 aromatic rings. The quantitative estimate of drug-likeness (QED) is 0.382. The van der Waals surface area contributed by atoms with Gasteiger partial charge in [0.15, 0.2) is 11.6 Å². The van der Waals surface area contributed by atoms with E-state index in [1.807, 2.05) is 12.1 Å². The molecule has 0 amide bonds. The van der Waals surface area contributed by atoms with Crippen LogP contribution < -0.4 is 10.3 Å². The highest BCUT2D eigenvalue weighted by Crippen LogP contribution is 2.30. The summed E-state index contributed by atoms with van der Waals surface area (Å²) in [5, 5.41) is 3.23. The molecular formula is C20H17F5N4O2S. The Kier molecular flexibility index (Phi) is 6.63. The van der Waals surface area contributed by atoms with Crippen molar-refractivity contribution in [1.29, 1.82) is 0 Å². The maximum absolute atomic E-state index is 14.4. The number of likely N-dealkylation sites (tertiary alicyclic amines) is 1. The highest BCUT2D eigenvalue weighted by Gasteiger charge is 2.38. The Bertz CT molecular complexity index is 1060. The smallest absolute Gasteiger partial charge is 0.405 e. The minimum Gasteiger partial charge on any atom is -0.405 e. The zero-order valence-electron chi connectivity index (χ0n) is 16.4. The largest absolute Gasteiger partial charge is 0.471 e. The molecule has 2 heterocycles. The summed E-state index contributed by atoms with van der Waals surface area (Å²) in [6, 6.07) is 10.7. The first-order valence-corrected chi connectivity index (χ1v) is 10.3. The van der Waals surface area contributed by atoms with Gasteiger partial charge in [-0.2, -0.15) is 27.5 Å². The van der Waals surface area contributed by atoms with E-state index in [9.17, 15) is 21.4 Å². The Morgan fingerprint density at radius 2 is 1.97 bits per heavy atom. The van der Waals surface area contributed by atoms with Gasteiger partial charge in [-0.3, -0.25) is 4.90 Å². The summed E-state index contributed by atoms with van der Waals surface area (Å²) in [5.74, 6) is -2.77. The van der Waals surface area contributed by atoms with Crippen molar-refractivity contribution in [2.75, 3.05) is 13.1 Å². The van der Waals surface area contributed by atoms with Crippen molar-refractivity contribution in [3.8, 4) is 17.1 Å². The molecule has 0 radical (unpaired) electrons. The summed E-state index contributed by atoms with van der Waals surface area (Å²) in [4.78, 5) is 11.3. The molecule has 12 heteroatoms. The number of benzene rings is 2. The van der Waals surface area contributed by atoms with Crippen LogP contribution in [0.3, 0.4) is 0 Å². The summed E-state index contributed by atoms with van der Waals surface area (Å²) >= 11 is 0.200. The van der Waals surface area contributed by atoms with Gasteiger partial charge in [-0.15, -0.1) is 0 Å². The first-order chi connectivity index (χ1) is 15.3. The van der Waals surface area contributed by atoms with Crippen LogP contribution >= 0.6 is 12.1 Å². The average molecular weight is 472 g/mol. The fraction of sp³-hybridized carbons (Fsp3) is 0.300. The van der Waals surface area contributed by atoms with Gasteiger partial charge in [-0.1, -0.05) is 17.3 Å². The normalized spacial score (nSPS) is 17.1. The standard InChI is InChI=1S/C20H17F5N4O2S/c21-16-9-13(18-26-19(31-28-18)20(22,23)24)3-6-17(16)30-27-14-7-8-29(11-14)10-12-1-4-15(32-25)5-2-12/h1-6,9,14,27H,7-8,10-11H2. The Morgan fingerprint density at radius 1 is 1.19 bits per heavy atom. The molecule has 2 aromatic carbocycles. The van der Waals surface area contributed by atoms with Crippen molar-refractivity contribution >= 4 is 12.1 Å². The second-order valence-electron chi connectivity index (χ2n) is 7.23. The van der Waals surface area contributed by atoms with Gasteiger partial charge in [-0.25, -0.2) is 4.39 Å². The number of aromatic nitrogens is 2. The summed E-state index contributed by atoms with van der Waals surface area (Å²) in [7, 11) is 0. The van der Waals surface area contributed by atoms with Gasteiger partial charge < -0.3 is 9.36 Å². The highest BCUT2D eigenvalue weighted by molar-refractivity contribution is 7.94. The van der Waals surface area contributed by atoms with E-state index >= 15 is 0 Å². The lowest BCUT2D eigenvalue weighted by atomic mass is 10.2. The van der Waals surface area contributed by atoms with Crippen LogP contribution in [0.25, 0.3) is 11.4 Å². The van der Waals surface area contributed by atoms with Crippen LogP contribution in [0, 0.1) is 5.82 Å². The number of nitrogens with one attached hydrogen (secondary N) is 1. The van der Waals surface area contributed by atoms with Crippen molar-refractivity contribution in [3.63, 3.8) is 0 Å². The Balaban J connectivity index is 1.30. The lowest BCUT2D eigenvalue weighted by molar-refractivity contribution is -0.159. The van der Waals surface area contributed by atoms with Crippen LogP contribution in [0.4, 0.5) is 21.4 Å². The predicted octanol–water partition coefficient (Wildman–Crippen LogP) is 5.03. The van der Waals surface area contributed by atoms with E-state index in [1.165, 1.54) is 12.1 Å². The molecule has 1 aromatic heterocycles. The number of nitrogens with zero attached hydrogens (tertiary/aromatic N) is 3. The number of hydroxylamine groups is 1. The number of rotatable bonds is 7. The molecule has 1 atom stereocenters. The molecule has 170 valence electrons. The number of hydrogen-bond acceptors (Lipinski definition) is 7. The van der Waals surface area contributed by atoms with Crippen LogP contribution in [0.5, 0.6) is 5.75 Å². The van der Waals surface area contributed by atoms with E-state index in [4.69, 9.17) is 4.84 Å².